The monoisotopic (exact) mass is 231 g/mol. The van der Waals surface area contributed by atoms with Gasteiger partial charge in [0, 0.05) is 5.69 Å². The van der Waals surface area contributed by atoms with Crippen molar-refractivity contribution in [1.29, 1.82) is 0 Å². The summed E-state index contributed by atoms with van der Waals surface area (Å²) in [7, 11) is 0. The molecule has 2 rings (SSSR count). The van der Waals surface area contributed by atoms with Crippen molar-refractivity contribution in [2.45, 2.75) is 51.9 Å². The molecule has 1 amide bonds. The van der Waals surface area contributed by atoms with E-state index in [0.717, 1.165) is 18.5 Å². The molecule has 0 saturated heterocycles. The van der Waals surface area contributed by atoms with Gasteiger partial charge in [0.05, 0.1) is 5.92 Å². The fourth-order valence-corrected chi connectivity index (χ4v) is 2.37. The molecule has 0 spiro atoms. The summed E-state index contributed by atoms with van der Waals surface area (Å²) in [6, 6.07) is 6.37. The van der Waals surface area contributed by atoms with Gasteiger partial charge >= 0.3 is 0 Å². The minimum absolute atomic E-state index is 0.0531. The molecule has 1 aromatic rings. The Morgan fingerprint density at radius 1 is 1.29 bits per heavy atom. The second-order valence-electron chi connectivity index (χ2n) is 5.88. The second kappa shape index (κ2) is 4.17. The Balaban J connectivity index is 2.42. The zero-order chi connectivity index (χ0) is 12.6. The molecule has 92 valence electrons. The van der Waals surface area contributed by atoms with Crippen LogP contribution in [0.3, 0.4) is 0 Å². The predicted molar refractivity (Wildman–Crippen MR) is 71.4 cm³/mol. The number of amides is 1. The SMILES string of the molecule is CCCC1C(=O)Nc2ccc(C(C)(C)C)cc21. The zero-order valence-corrected chi connectivity index (χ0v) is 11.1. The van der Waals surface area contributed by atoms with E-state index in [1.165, 1.54) is 11.1 Å². The molecule has 0 aromatic heterocycles. The van der Waals surface area contributed by atoms with Crippen LogP contribution in [-0.2, 0) is 10.2 Å². The van der Waals surface area contributed by atoms with E-state index < -0.39 is 0 Å². The maximum absolute atomic E-state index is 11.9. The van der Waals surface area contributed by atoms with Gasteiger partial charge in [0.25, 0.3) is 0 Å². The van der Waals surface area contributed by atoms with Crippen molar-refractivity contribution in [3.8, 4) is 0 Å². The number of fused-ring (bicyclic) bond motifs is 1. The van der Waals surface area contributed by atoms with E-state index in [4.69, 9.17) is 0 Å². The van der Waals surface area contributed by atoms with Crippen LogP contribution in [0.15, 0.2) is 18.2 Å². The molecule has 2 nitrogen and oxygen atoms in total. The average Bonchev–Trinajstić information content (AvgIpc) is 2.54. The summed E-state index contributed by atoms with van der Waals surface area (Å²) in [5.41, 5.74) is 3.62. The molecule has 1 heterocycles. The van der Waals surface area contributed by atoms with Crippen LogP contribution in [0.5, 0.6) is 0 Å². The Morgan fingerprint density at radius 3 is 2.59 bits per heavy atom. The minimum Gasteiger partial charge on any atom is -0.325 e. The maximum Gasteiger partial charge on any atom is 0.232 e. The van der Waals surface area contributed by atoms with Crippen LogP contribution < -0.4 is 5.32 Å². The Morgan fingerprint density at radius 2 is 2.00 bits per heavy atom. The highest BCUT2D eigenvalue weighted by Gasteiger charge is 2.30. The lowest BCUT2D eigenvalue weighted by Crippen LogP contribution is -2.12. The van der Waals surface area contributed by atoms with Crippen LogP contribution in [0.25, 0.3) is 0 Å². The zero-order valence-electron chi connectivity index (χ0n) is 11.1. The summed E-state index contributed by atoms with van der Waals surface area (Å²) >= 11 is 0. The quantitative estimate of drug-likeness (QED) is 0.823. The van der Waals surface area contributed by atoms with E-state index in [9.17, 15) is 4.79 Å². The first-order valence-electron chi connectivity index (χ1n) is 6.38. The molecule has 0 aliphatic carbocycles. The van der Waals surface area contributed by atoms with E-state index in [2.05, 4.69) is 45.1 Å². The molecule has 0 bridgehead atoms. The normalized spacial score (nSPS) is 19.1. The summed E-state index contributed by atoms with van der Waals surface area (Å²) in [5, 5.41) is 2.97. The first-order valence-corrected chi connectivity index (χ1v) is 6.38. The molecule has 1 atom stereocenters. The van der Waals surface area contributed by atoms with Crippen molar-refractivity contribution in [3.05, 3.63) is 29.3 Å². The standard InChI is InChI=1S/C15H21NO/c1-5-6-11-12-9-10(15(2,3)4)7-8-13(12)16-14(11)17/h7-9,11H,5-6H2,1-4H3,(H,16,17). The Labute approximate surface area is 103 Å². The number of anilines is 1. The molecular weight excluding hydrogens is 210 g/mol. The Hall–Kier alpha value is -1.31. The molecule has 0 fully saturated rings. The van der Waals surface area contributed by atoms with Crippen molar-refractivity contribution >= 4 is 11.6 Å². The highest BCUT2D eigenvalue weighted by molar-refractivity contribution is 6.02. The van der Waals surface area contributed by atoms with Crippen LogP contribution in [0.1, 0.15) is 57.6 Å². The van der Waals surface area contributed by atoms with Crippen LogP contribution in [0.2, 0.25) is 0 Å². The van der Waals surface area contributed by atoms with Gasteiger partial charge in [-0.25, -0.2) is 0 Å². The van der Waals surface area contributed by atoms with Crippen LogP contribution in [0.4, 0.5) is 5.69 Å². The van der Waals surface area contributed by atoms with Gasteiger partial charge in [0.15, 0.2) is 0 Å². The van der Waals surface area contributed by atoms with Crippen molar-refractivity contribution in [2.24, 2.45) is 0 Å². The lowest BCUT2D eigenvalue weighted by Gasteiger charge is -2.20. The van der Waals surface area contributed by atoms with Gasteiger partial charge in [-0.05, 0) is 29.0 Å². The van der Waals surface area contributed by atoms with Crippen molar-refractivity contribution in [1.82, 2.24) is 0 Å². The van der Waals surface area contributed by atoms with Crippen molar-refractivity contribution in [2.75, 3.05) is 5.32 Å². The van der Waals surface area contributed by atoms with Crippen molar-refractivity contribution in [3.63, 3.8) is 0 Å². The lowest BCUT2D eigenvalue weighted by atomic mass is 9.84. The van der Waals surface area contributed by atoms with Gasteiger partial charge < -0.3 is 5.32 Å². The van der Waals surface area contributed by atoms with Gasteiger partial charge in [-0.2, -0.15) is 0 Å². The molecular formula is C15H21NO. The number of hydrogen-bond donors (Lipinski definition) is 1. The molecule has 2 heteroatoms. The maximum atomic E-state index is 11.9. The first-order chi connectivity index (χ1) is 7.93. The van der Waals surface area contributed by atoms with E-state index >= 15 is 0 Å². The average molecular weight is 231 g/mol. The third-order valence-electron chi connectivity index (χ3n) is 3.44. The van der Waals surface area contributed by atoms with Gasteiger partial charge in [-0.3, -0.25) is 4.79 Å². The van der Waals surface area contributed by atoms with Gasteiger partial charge in [0.1, 0.15) is 0 Å². The van der Waals surface area contributed by atoms with Crippen molar-refractivity contribution < 1.29 is 4.79 Å². The van der Waals surface area contributed by atoms with Gasteiger partial charge in [0.2, 0.25) is 5.91 Å². The van der Waals surface area contributed by atoms with Crippen LogP contribution in [0, 0.1) is 0 Å². The van der Waals surface area contributed by atoms with Gasteiger partial charge in [-0.15, -0.1) is 0 Å². The summed E-state index contributed by atoms with van der Waals surface area (Å²) in [5.74, 6) is 0.213. The Kier molecular flexibility index (Phi) is 2.98. The van der Waals surface area contributed by atoms with E-state index in [-0.39, 0.29) is 17.2 Å². The molecule has 1 unspecified atom stereocenters. The number of nitrogens with one attached hydrogen (secondary N) is 1. The van der Waals surface area contributed by atoms with Crippen LogP contribution in [-0.4, -0.2) is 5.91 Å². The third kappa shape index (κ3) is 2.21. The molecule has 1 aliphatic rings. The fraction of sp³-hybridized carbons (Fsp3) is 0.533. The number of carbonyl (C=O) groups excluding carboxylic acids is 1. The topological polar surface area (TPSA) is 29.1 Å². The number of carbonyl (C=O) groups is 1. The fourth-order valence-electron chi connectivity index (χ4n) is 2.37. The molecule has 1 aliphatic heterocycles. The van der Waals surface area contributed by atoms with E-state index in [1.54, 1.807) is 0 Å². The molecule has 17 heavy (non-hydrogen) atoms. The lowest BCUT2D eigenvalue weighted by molar-refractivity contribution is -0.117. The molecule has 1 N–H and O–H groups in total. The van der Waals surface area contributed by atoms with Crippen LogP contribution >= 0.6 is 0 Å². The van der Waals surface area contributed by atoms with E-state index in [1.807, 2.05) is 6.07 Å². The third-order valence-corrected chi connectivity index (χ3v) is 3.44. The number of hydrogen-bond acceptors (Lipinski definition) is 1. The second-order valence-corrected chi connectivity index (χ2v) is 5.88. The number of rotatable bonds is 2. The summed E-state index contributed by atoms with van der Waals surface area (Å²) in [6.45, 7) is 8.73. The summed E-state index contributed by atoms with van der Waals surface area (Å²) in [4.78, 5) is 11.9. The Bertz CT molecular complexity index is 443. The van der Waals surface area contributed by atoms with Gasteiger partial charge in [-0.1, -0.05) is 46.2 Å². The molecule has 1 aromatic carbocycles. The van der Waals surface area contributed by atoms with E-state index in [0.29, 0.717) is 0 Å². The first kappa shape index (κ1) is 12.2. The summed E-state index contributed by atoms with van der Waals surface area (Å²) in [6.07, 6.45) is 1.98. The minimum atomic E-state index is 0.0531. The number of benzene rings is 1. The largest absolute Gasteiger partial charge is 0.325 e. The predicted octanol–water partition coefficient (Wildman–Crippen LogP) is 3.82. The highest BCUT2D eigenvalue weighted by Crippen LogP contribution is 2.38. The summed E-state index contributed by atoms with van der Waals surface area (Å²) < 4.78 is 0. The molecule has 0 radical (unpaired) electrons. The smallest absolute Gasteiger partial charge is 0.232 e. The highest BCUT2D eigenvalue weighted by atomic mass is 16.2. The molecule has 0 saturated carbocycles.